The van der Waals surface area contributed by atoms with Gasteiger partial charge in [0, 0.05) is 10.9 Å². The molecule has 1 aromatic carbocycles. The minimum Gasteiger partial charge on any atom is -0.353 e. The van der Waals surface area contributed by atoms with Gasteiger partial charge in [0.1, 0.15) is 17.2 Å². The minimum absolute atomic E-state index is 0.0120. The Morgan fingerprint density at radius 1 is 1.20 bits per heavy atom. The zero-order chi connectivity index (χ0) is 18.0. The van der Waals surface area contributed by atoms with Crippen LogP contribution >= 0.6 is 23.1 Å². The van der Waals surface area contributed by atoms with Gasteiger partial charge in [-0.25, -0.2) is 14.4 Å². The summed E-state index contributed by atoms with van der Waals surface area (Å²) in [4.78, 5) is 21.8. The number of nitrogens with zero attached hydrogens (tertiary/aromatic N) is 2. The van der Waals surface area contributed by atoms with Gasteiger partial charge in [0.05, 0.1) is 15.5 Å². The van der Waals surface area contributed by atoms with Gasteiger partial charge < -0.3 is 5.32 Å². The molecule has 0 saturated heterocycles. The summed E-state index contributed by atoms with van der Waals surface area (Å²) in [6.07, 6.45) is 1.51. The van der Waals surface area contributed by atoms with Crippen molar-refractivity contribution < 1.29 is 9.18 Å². The molecule has 2 heterocycles. The Labute approximate surface area is 153 Å². The number of carbonyl (C=O) groups is 1. The summed E-state index contributed by atoms with van der Waals surface area (Å²) in [5.74, 6) is -0.270. The van der Waals surface area contributed by atoms with Crippen molar-refractivity contribution >= 4 is 39.2 Å². The third-order valence-corrected chi connectivity index (χ3v) is 5.91. The fraction of sp³-hybridized carbons (Fsp3) is 0.278. The summed E-state index contributed by atoms with van der Waals surface area (Å²) in [6.45, 7) is 5.74. The molecule has 0 saturated carbocycles. The monoisotopic (exact) mass is 375 g/mol. The number of aromatic nitrogens is 2. The number of amides is 1. The van der Waals surface area contributed by atoms with Crippen LogP contribution in [0, 0.1) is 5.82 Å². The molecule has 0 bridgehead atoms. The van der Waals surface area contributed by atoms with E-state index in [1.165, 1.54) is 30.2 Å². The van der Waals surface area contributed by atoms with Crippen molar-refractivity contribution in [2.75, 3.05) is 0 Å². The van der Waals surface area contributed by atoms with Crippen LogP contribution < -0.4 is 5.32 Å². The molecule has 4 nitrogen and oxygen atoms in total. The van der Waals surface area contributed by atoms with Gasteiger partial charge >= 0.3 is 0 Å². The van der Waals surface area contributed by atoms with Crippen LogP contribution in [0.15, 0.2) is 41.7 Å². The lowest BCUT2D eigenvalue weighted by atomic mass is 10.2. The van der Waals surface area contributed by atoms with Crippen molar-refractivity contribution in [1.82, 2.24) is 15.3 Å². The molecule has 1 atom stereocenters. The van der Waals surface area contributed by atoms with E-state index < -0.39 is 0 Å². The lowest BCUT2D eigenvalue weighted by molar-refractivity contribution is -0.120. The van der Waals surface area contributed by atoms with Crippen molar-refractivity contribution in [3.63, 3.8) is 0 Å². The molecule has 130 valence electrons. The highest BCUT2D eigenvalue weighted by Crippen LogP contribution is 2.38. The van der Waals surface area contributed by atoms with Gasteiger partial charge in [-0.2, -0.15) is 0 Å². The Morgan fingerprint density at radius 3 is 2.60 bits per heavy atom. The van der Waals surface area contributed by atoms with Crippen LogP contribution in [-0.2, 0) is 4.79 Å². The zero-order valence-electron chi connectivity index (χ0n) is 14.1. The topological polar surface area (TPSA) is 54.9 Å². The number of thiophene rings is 1. The van der Waals surface area contributed by atoms with Crippen LogP contribution in [0.25, 0.3) is 20.7 Å². The van der Waals surface area contributed by atoms with Crippen LogP contribution in [-0.4, -0.2) is 27.2 Å². The van der Waals surface area contributed by atoms with E-state index in [1.54, 1.807) is 23.5 Å². The van der Waals surface area contributed by atoms with Gasteiger partial charge in [-0.3, -0.25) is 4.79 Å². The van der Waals surface area contributed by atoms with E-state index in [0.29, 0.717) is 0 Å². The molecule has 0 aliphatic heterocycles. The number of hydrogen-bond acceptors (Lipinski definition) is 5. The number of carbonyl (C=O) groups excluding carboxylic acids is 1. The van der Waals surface area contributed by atoms with E-state index in [9.17, 15) is 9.18 Å². The van der Waals surface area contributed by atoms with E-state index in [1.807, 2.05) is 26.8 Å². The average Bonchev–Trinajstić information content (AvgIpc) is 3.00. The third kappa shape index (κ3) is 4.16. The molecule has 0 fully saturated rings. The quantitative estimate of drug-likeness (QED) is 0.527. The van der Waals surface area contributed by atoms with Gasteiger partial charge in [0.2, 0.25) is 5.91 Å². The predicted octanol–water partition coefficient (Wildman–Crippen LogP) is 4.50. The van der Waals surface area contributed by atoms with Gasteiger partial charge in [0.15, 0.2) is 0 Å². The first-order chi connectivity index (χ1) is 11.9. The maximum atomic E-state index is 13.1. The molecule has 0 spiro atoms. The smallest absolute Gasteiger partial charge is 0.233 e. The molecule has 0 unspecified atom stereocenters. The van der Waals surface area contributed by atoms with Crippen LogP contribution in [0.2, 0.25) is 0 Å². The Morgan fingerprint density at radius 2 is 1.92 bits per heavy atom. The normalized spacial score (nSPS) is 12.5. The number of hydrogen-bond donors (Lipinski definition) is 1. The standard InChI is InChI=1S/C18H18FN3OS2/c1-10(2)22-17(23)11(3)24-18-16-14(20-9-21-18)8-15(25-16)12-4-6-13(19)7-5-12/h4-11H,1-3H3,(H,22,23)/t11-/m1/s1. The number of fused-ring (bicyclic) bond motifs is 1. The minimum atomic E-state index is -0.258. The van der Waals surface area contributed by atoms with Crippen molar-refractivity contribution in [2.45, 2.75) is 37.1 Å². The molecule has 2 aromatic heterocycles. The van der Waals surface area contributed by atoms with Crippen LogP contribution in [0.3, 0.4) is 0 Å². The Kier molecular flexibility index (Phi) is 5.34. The van der Waals surface area contributed by atoms with E-state index in [2.05, 4.69) is 15.3 Å². The first kappa shape index (κ1) is 17.8. The lowest BCUT2D eigenvalue weighted by Gasteiger charge is -2.13. The highest BCUT2D eigenvalue weighted by atomic mass is 32.2. The van der Waals surface area contributed by atoms with Gasteiger partial charge in [-0.05, 0) is 44.5 Å². The summed E-state index contributed by atoms with van der Waals surface area (Å²) < 4.78 is 14.1. The molecule has 25 heavy (non-hydrogen) atoms. The number of halogens is 1. The highest BCUT2D eigenvalue weighted by Gasteiger charge is 2.19. The molecule has 3 rings (SSSR count). The number of nitrogens with one attached hydrogen (secondary N) is 1. The van der Waals surface area contributed by atoms with Gasteiger partial charge in [0.25, 0.3) is 0 Å². The van der Waals surface area contributed by atoms with E-state index in [4.69, 9.17) is 0 Å². The number of rotatable bonds is 5. The maximum absolute atomic E-state index is 13.1. The Bertz CT molecular complexity index is 893. The fourth-order valence-corrected chi connectivity index (χ4v) is 4.40. The Hall–Kier alpha value is -1.99. The first-order valence-electron chi connectivity index (χ1n) is 7.91. The molecule has 0 aliphatic rings. The number of benzene rings is 1. The second kappa shape index (κ2) is 7.49. The van der Waals surface area contributed by atoms with Gasteiger partial charge in [-0.15, -0.1) is 11.3 Å². The summed E-state index contributed by atoms with van der Waals surface area (Å²) in [5.41, 5.74) is 1.77. The summed E-state index contributed by atoms with van der Waals surface area (Å²) in [7, 11) is 0. The predicted molar refractivity (Wildman–Crippen MR) is 101 cm³/mol. The van der Waals surface area contributed by atoms with Crippen molar-refractivity contribution in [1.29, 1.82) is 0 Å². The molecule has 1 N–H and O–H groups in total. The molecule has 1 amide bonds. The van der Waals surface area contributed by atoms with Crippen molar-refractivity contribution in [3.05, 3.63) is 42.5 Å². The largest absolute Gasteiger partial charge is 0.353 e. The van der Waals surface area contributed by atoms with E-state index in [0.717, 1.165) is 25.7 Å². The van der Waals surface area contributed by atoms with Crippen LogP contribution in [0.4, 0.5) is 4.39 Å². The lowest BCUT2D eigenvalue weighted by Crippen LogP contribution is -2.35. The van der Waals surface area contributed by atoms with Crippen LogP contribution in [0.5, 0.6) is 0 Å². The van der Waals surface area contributed by atoms with Crippen LogP contribution in [0.1, 0.15) is 20.8 Å². The SMILES string of the molecule is CC(C)NC(=O)[C@@H](C)Sc1ncnc2cc(-c3ccc(F)cc3)sc12. The Balaban J connectivity index is 1.89. The average molecular weight is 375 g/mol. The molecule has 7 heteroatoms. The second-order valence-electron chi connectivity index (χ2n) is 5.93. The summed E-state index contributed by atoms with van der Waals surface area (Å²) in [5, 5.41) is 3.45. The van der Waals surface area contributed by atoms with Crippen molar-refractivity contribution in [3.8, 4) is 10.4 Å². The van der Waals surface area contributed by atoms with E-state index >= 15 is 0 Å². The molecular formula is C18H18FN3OS2. The van der Waals surface area contributed by atoms with E-state index in [-0.39, 0.29) is 23.0 Å². The van der Waals surface area contributed by atoms with Crippen molar-refractivity contribution in [2.24, 2.45) is 0 Å². The molecule has 0 aliphatic carbocycles. The second-order valence-corrected chi connectivity index (χ2v) is 8.32. The summed E-state index contributed by atoms with van der Waals surface area (Å²) >= 11 is 2.97. The zero-order valence-corrected chi connectivity index (χ0v) is 15.7. The van der Waals surface area contributed by atoms with Gasteiger partial charge in [-0.1, -0.05) is 23.9 Å². The molecule has 3 aromatic rings. The highest BCUT2D eigenvalue weighted by molar-refractivity contribution is 8.00. The number of thioether (sulfide) groups is 1. The fourth-order valence-electron chi connectivity index (χ4n) is 2.30. The molecule has 0 radical (unpaired) electrons. The summed E-state index contributed by atoms with van der Waals surface area (Å²) in [6, 6.07) is 8.46. The third-order valence-electron chi connectivity index (χ3n) is 3.50. The maximum Gasteiger partial charge on any atom is 0.233 e. The molecular weight excluding hydrogens is 357 g/mol. The first-order valence-corrected chi connectivity index (χ1v) is 9.61.